The molecule has 3 aromatic carbocycles. The van der Waals surface area contributed by atoms with Crippen LogP contribution in [-0.2, 0) is 23.3 Å². The lowest BCUT2D eigenvalue weighted by Crippen LogP contribution is -2.28. The van der Waals surface area contributed by atoms with Crippen molar-refractivity contribution in [3.05, 3.63) is 87.2 Å². The van der Waals surface area contributed by atoms with Crippen LogP contribution >= 0.6 is 27.3 Å². The van der Waals surface area contributed by atoms with Crippen molar-refractivity contribution in [2.75, 3.05) is 25.5 Å². The van der Waals surface area contributed by atoms with E-state index in [1.807, 2.05) is 55.6 Å². The number of anilines is 2. The van der Waals surface area contributed by atoms with Gasteiger partial charge in [0.25, 0.3) is 0 Å². The number of rotatable bonds is 14. The zero-order valence-corrected chi connectivity index (χ0v) is 28.7. The summed E-state index contributed by atoms with van der Waals surface area (Å²) in [4.78, 5) is 14.3. The van der Waals surface area contributed by atoms with E-state index in [9.17, 15) is 12.8 Å². The summed E-state index contributed by atoms with van der Waals surface area (Å²) in [6, 6.07) is 15.8. The molecule has 0 atom stereocenters. The molecule has 0 unspecified atom stereocenters. The fourth-order valence-corrected chi connectivity index (χ4v) is 6.69. The Morgan fingerprint density at radius 3 is 2.67 bits per heavy atom. The van der Waals surface area contributed by atoms with Crippen molar-refractivity contribution < 1.29 is 22.3 Å². The Labute approximate surface area is 280 Å². The second-order valence-electron chi connectivity index (χ2n) is 10.7. The van der Waals surface area contributed by atoms with E-state index in [0.29, 0.717) is 40.8 Å². The molecule has 0 fully saturated rings. The van der Waals surface area contributed by atoms with Gasteiger partial charge >= 0.3 is 0 Å². The van der Waals surface area contributed by atoms with E-state index in [1.165, 1.54) is 18.5 Å². The van der Waals surface area contributed by atoms with Crippen molar-refractivity contribution in [1.29, 1.82) is 0 Å². The number of thiazole rings is 1. The zero-order chi connectivity index (χ0) is 32.6. The van der Waals surface area contributed by atoms with E-state index in [1.54, 1.807) is 24.5 Å². The molecule has 2 heterocycles. The number of aromatic nitrogens is 3. The van der Waals surface area contributed by atoms with Crippen molar-refractivity contribution >= 4 is 64.8 Å². The minimum atomic E-state index is -2.18. The summed E-state index contributed by atoms with van der Waals surface area (Å²) in [6.07, 6.45) is 3.09. The Kier molecular flexibility index (Phi) is 11.3. The molecule has 0 amide bonds. The predicted molar refractivity (Wildman–Crippen MR) is 185 cm³/mol. The smallest absolute Gasteiger partial charge is 0.214 e. The Bertz CT molecular complexity index is 1980. The van der Waals surface area contributed by atoms with E-state index in [2.05, 4.69) is 36.5 Å². The van der Waals surface area contributed by atoms with Gasteiger partial charge in [0.2, 0.25) is 10.3 Å². The van der Waals surface area contributed by atoms with Crippen LogP contribution in [0, 0.1) is 11.7 Å². The fraction of sp³-hybridized carbons (Fsp3) is 0.273. The van der Waals surface area contributed by atoms with E-state index in [0.717, 1.165) is 50.2 Å². The summed E-state index contributed by atoms with van der Waals surface area (Å²) in [7, 11) is -0.556. The Morgan fingerprint density at radius 1 is 1.09 bits per heavy atom. The molecule has 0 aliphatic heterocycles. The lowest BCUT2D eigenvalue weighted by atomic mass is 10.1. The summed E-state index contributed by atoms with van der Waals surface area (Å²) >= 11 is 5.16. The minimum Gasteiger partial charge on any atom is -0.496 e. The lowest BCUT2D eigenvalue weighted by Gasteiger charge is -2.13. The molecule has 240 valence electrons. The molecule has 13 heteroatoms. The average molecular weight is 727 g/mol. The van der Waals surface area contributed by atoms with Gasteiger partial charge in [-0.15, -0.1) is 11.3 Å². The van der Waals surface area contributed by atoms with E-state index in [-0.39, 0.29) is 18.3 Å². The first kappa shape index (κ1) is 33.5. The van der Waals surface area contributed by atoms with Crippen LogP contribution in [0.15, 0.2) is 70.8 Å². The highest BCUT2D eigenvalue weighted by Gasteiger charge is 2.16. The molecule has 0 spiro atoms. The topological polar surface area (TPSA) is 115 Å². The number of ether oxygens (including phenoxy) is 2. The normalized spacial score (nSPS) is 11.2. The molecule has 0 radical (unpaired) electrons. The van der Waals surface area contributed by atoms with E-state index >= 15 is 0 Å². The number of fused-ring (bicyclic) bond motifs is 1. The summed E-state index contributed by atoms with van der Waals surface area (Å²) in [5.74, 6) is 1.58. The third kappa shape index (κ3) is 8.46. The molecule has 9 nitrogen and oxygen atoms in total. The van der Waals surface area contributed by atoms with Crippen molar-refractivity contribution in [1.82, 2.24) is 20.3 Å². The van der Waals surface area contributed by atoms with Gasteiger partial charge in [-0.25, -0.2) is 19.3 Å². The zero-order valence-electron chi connectivity index (χ0n) is 25.5. The molecule has 0 aliphatic rings. The van der Waals surface area contributed by atoms with Crippen molar-refractivity contribution in [3.63, 3.8) is 0 Å². The van der Waals surface area contributed by atoms with Crippen LogP contribution in [0.4, 0.5) is 15.9 Å². The molecule has 5 aromatic rings. The molecule has 0 bridgehead atoms. The van der Waals surface area contributed by atoms with Gasteiger partial charge in [-0.3, -0.25) is 0 Å². The van der Waals surface area contributed by atoms with Crippen LogP contribution in [0.2, 0.25) is 0 Å². The highest BCUT2D eigenvalue weighted by molar-refractivity contribution is 9.10. The number of nitrogens with zero attached hydrogens (tertiary/aromatic N) is 3. The lowest BCUT2D eigenvalue weighted by molar-refractivity contribution is 0.303. The first-order valence-corrected chi connectivity index (χ1v) is 17.3. The molecule has 0 saturated heterocycles. The molecule has 2 aromatic heterocycles. The van der Waals surface area contributed by atoms with Crippen LogP contribution < -0.4 is 20.1 Å². The maximum Gasteiger partial charge on any atom is 0.214 e. The Balaban J connectivity index is 1.29. The molecule has 0 aliphatic carbocycles. The van der Waals surface area contributed by atoms with Gasteiger partial charge in [-0.2, -0.15) is 8.42 Å². The number of hydrogen-bond acceptors (Lipinski definition) is 10. The number of halogens is 2. The first-order chi connectivity index (χ1) is 22.2. The Hall–Kier alpha value is -3.91. The minimum absolute atomic E-state index is 0.0216. The van der Waals surface area contributed by atoms with E-state index < -0.39 is 10.3 Å². The molecule has 5 rings (SSSR count). The summed E-state index contributed by atoms with van der Waals surface area (Å²) in [6.45, 7) is 5.03. The molecule has 2 N–H and O–H groups in total. The number of hydrogen-bond donors (Lipinski definition) is 2. The summed E-state index contributed by atoms with van der Waals surface area (Å²) in [5, 5.41) is 10.4. The first-order valence-electron chi connectivity index (χ1n) is 14.6. The molecule has 46 heavy (non-hydrogen) atoms. The third-order valence-corrected chi connectivity index (χ3v) is 9.74. The molecule has 0 saturated carbocycles. The van der Waals surface area contributed by atoms with Gasteiger partial charge in [0.15, 0.2) is 0 Å². The van der Waals surface area contributed by atoms with Crippen LogP contribution in [0.25, 0.3) is 22.2 Å². The fourth-order valence-electron chi connectivity index (χ4n) is 4.75. The van der Waals surface area contributed by atoms with Gasteiger partial charge in [-0.1, -0.05) is 26.0 Å². The maximum absolute atomic E-state index is 13.5. The second-order valence-corrected chi connectivity index (χ2v) is 13.5. The number of methoxy groups -OCH3 is 1. The summed E-state index contributed by atoms with van der Waals surface area (Å²) in [5.41, 5.74) is 3.85. The monoisotopic (exact) mass is 725 g/mol. The van der Waals surface area contributed by atoms with Crippen LogP contribution in [0.3, 0.4) is 0 Å². The largest absolute Gasteiger partial charge is 0.496 e. The van der Waals surface area contributed by atoms with Crippen LogP contribution in [-0.4, -0.2) is 48.4 Å². The van der Waals surface area contributed by atoms with Gasteiger partial charge in [0.1, 0.15) is 36.1 Å². The van der Waals surface area contributed by atoms with Gasteiger partial charge in [0, 0.05) is 41.0 Å². The number of benzene rings is 3. The van der Waals surface area contributed by atoms with Crippen LogP contribution in [0.5, 0.6) is 11.5 Å². The van der Waals surface area contributed by atoms with E-state index in [4.69, 9.17) is 14.5 Å². The van der Waals surface area contributed by atoms with Gasteiger partial charge in [0.05, 0.1) is 32.7 Å². The quantitative estimate of drug-likeness (QED) is 0.0905. The standard InChI is InChI=1S/C33H33BrFN5O4S2/c1-20(2)31(46(41)42)16-36-11-5-8-32-40-28(18-45-32)24-14-25-27(15-30(24)43-3)37-19-38-33(25)39-23-9-10-29(26(34)13-23)44-17-21-6-4-7-22(35)12-21/h4,6-7,9-10,12-15,18-20,36H,5,8,11,16-17H2,1-3H3,(H,37,38,39). The average Bonchev–Trinajstić information content (AvgIpc) is 3.50. The maximum atomic E-state index is 13.5. The van der Waals surface area contributed by atoms with Gasteiger partial charge < -0.3 is 20.1 Å². The number of aryl methyl sites for hydroxylation is 1. The van der Waals surface area contributed by atoms with Crippen molar-refractivity contribution in [2.45, 2.75) is 33.3 Å². The second kappa shape index (κ2) is 15.6. The van der Waals surface area contributed by atoms with Crippen molar-refractivity contribution in [2.24, 2.45) is 5.92 Å². The third-order valence-electron chi connectivity index (χ3n) is 7.16. The van der Waals surface area contributed by atoms with Gasteiger partial charge in [-0.05, 0) is 76.8 Å². The molecular formula is C33H33BrFN5O4S2. The Morgan fingerprint density at radius 2 is 1.93 bits per heavy atom. The predicted octanol–water partition coefficient (Wildman–Crippen LogP) is 7.22. The SMILES string of the molecule is COc1cc2ncnc(Nc3ccc(OCc4cccc(F)c4)c(Br)c3)c2cc1-c1csc(CCCNCC(C(C)C)=S(=O)=O)n1. The highest BCUT2D eigenvalue weighted by Crippen LogP contribution is 2.37. The summed E-state index contributed by atoms with van der Waals surface area (Å²) < 4.78 is 48.6. The number of nitrogens with one attached hydrogen (secondary N) is 2. The molecular weight excluding hydrogens is 693 g/mol. The van der Waals surface area contributed by atoms with Crippen LogP contribution in [0.1, 0.15) is 30.8 Å². The van der Waals surface area contributed by atoms with Crippen molar-refractivity contribution in [3.8, 4) is 22.8 Å². The highest BCUT2D eigenvalue weighted by atomic mass is 79.9.